The van der Waals surface area contributed by atoms with Gasteiger partial charge in [0.2, 0.25) is 0 Å². The van der Waals surface area contributed by atoms with E-state index in [1.165, 1.54) is 18.2 Å². The summed E-state index contributed by atoms with van der Waals surface area (Å²) in [4.78, 5) is 22.5. The normalized spacial score (nSPS) is 9.85. The average Bonchev–Trinajstić information content (AvgIpc) is 2.37. The first kappa shape index (κ1) is 16.4. The molecule has 0 aromatic heterocycles. The lowest BCUT2D eigenvalue weighted by Gasteiger charge is -2.08. The number of carboxylic acid groups (broad SMARTS) is 1. The number of hydrogen-bond acceptors (Lipinski definition) is 3. The maximum absolute atomic E-state index is 11.6. The molecule has 1 aromatic carbocycles. The van der Waals surface area contributed by atoms with Crippen molar-refractivity contribution in [1.29, 1.82) is 0 Å². The van der Waals surface area contributed by atoms with Gasteiger partial charge in [-0.2, -0.15) is 11.8 Å². The highest BCUT2D eigenvalue weighted by atomic mass is 35.5. The van der Waals surface area contributed by atoms with Crippen molar-refractivity contribution in [1.82, 2.24) is 5.32 Å². The van der Waals surface area contributed by atoms with Crippen LogP contribution in [0, 0.1) is 0 Å². The van der Waals surface area contributed by atoms with Gasteiger partial charge in [0.25, 0.3) is 0 Å². The molecule has 0 radical (unpaired) electrons. The van der Waals surface area contributed by atoms with E-state index >= 15 is 0 Å². The summed E-state index contributed by atoms with van der Waals surface area (Å²) in [6.07, 6.45) is 1.80. The van der Waals surface area contributed by atoms with Crippen LogP contribution in [0.1, 0.15) is 10.4 Å². The molecule has 7 heteroatoms. The van der Waals surface area contributed by atoms with E-state index in [1.54, 1.807) is 17.8 Å². The summed E-state index contributed by atoms with van der Waals surface area (Å²) in [6, 6.07) is 3.75. The summed E-state index contributed by atoms with van der Waals surface area (Å²) in [6.45, 7) is 4.11. The first-order valence-electron chi connectivity index (χ1n) is 5.80. The molecule has 0 bridgehead atoms. The van der Waals surface area contributed by atoms with Crippen LogP contribution < -0.4 is 10.6 Å². The SMILES string of the molecule is C=CCSCCNC(=O)Nc1cc(Cl)cc(C(=O)O)c1. The molecule has 1 aromatic rings. The number of thioether (sulfide) groups is 1. The molecule has 1 rings (SSSR count). The summed E-state index contributed by atoms with van der Waals surface area (Å²) in [5.41, 5.74) is 0.362. The number of carbonyl (C=O) groups excluding carboxylic acids is 1. The molecule has 0 aliphatic rings. The smallest absolute Gasteiger partial charge is 0.335 e. The van der Waals surface area contributed by atoms with Gasteiger partial charge in [0.15, 0.2) is 0 Å². The fourth-order valence-corrected chi connectivity index (χ4v) is 2.18. The number of aromatic carboxylic acids is 1. The molecule has 0 saturated heterocycles. The van der Waals surface area contributed by atoms with Gasteiger partial charge >= 0.3 is 12.0 Å². The van der Waals surface area contributed by atoms with Crippen molar-refractivity contribution in [3.8, 4) is 0 Å². The third kappa shape index (κ3) is 5.99. The minimum absolute atomic E-state index is 0.0225. The number of hydrogen-bond donors (Lipinski definition) is 3. The first-order chi connectivity index (χ1) is 9.52. The van der Waals surface area contributed by atoms with Gasteiger partial charge in [-0.1, -0.05) is 17.7 Å². The molecular weight excluding hydrogens is 300 g/mol. The number of nitrogens with one attached hydrogen (secondary N) is 2. The van der Waals surface area contributed by atoms with Gasteiger partial charge in [-0.25, -0.2) is 9.59 Å². The second kappa shape index (κ2) is 8.50. The van der Waals surface area contributed by atoms with Crippen molar-refractivity contribution in [3.05, 3.63) is 41.4 Å². The number of benzene rings is 1. The maximum atomic E-state index is 11.6. The summed E-state index contributed by atoms with van der Waals surface area (Å²) in [5, 5.41) is 14.3. The predicted octanol–water partition coefficient (Wildman–Crippen LogP) is 3.08. The Kier molecular flexibility index (Phi) is 6.97. The van der Waals surface area contributed by atoms with E-state index in [2.05, 4.69) is 17.2 Å². The molecule has 0 heterocycles. The Balaban J connectivity index is 2.49. The summed E-state index contributed by atoms with van der Waals surface area (Å²) in [5.74, 6) is 0.506. The standard InChI is InChI=1S/C13H15ClN2O3S/c1-2-4-20-5-3-15-13(19)16-11-7-9(12(17)18)6-10(14)8-11/h2,6-8H,1,3-5H2,(H,17,18)(H2,15,16,19). The Hall–Kier alpha value is -1.66. The van der Waals surface area contributed by atoms with Crippen LogP contribution >= 0.6 is 23.4 Å². The third-order valence-corrected chi connectivity index (χ3v) is 3.35. The number of rotatable bonds is 7. The molecule has 20 heavy (non-hydrogen) atoms. The van der Waals surface area contributed by atoms with Crippen molar-refractivity contribution in [2.75, 3.05) is 23.4 Å². The monoisotopic (exact) mass is 314 g/mol. The number of urea groups is 1. The molecular formula is C13H15ClN2O3S. The Morgan fingerprint density at radius 2 is 2.15 bits per heavy atom. The zero-order chi connectivity index (χ0) is 15.0. The van der Waals surface area contributed by atoms with Crippen LogP contribution in [-0.4, -0.2) is 35.2 Å². The van der Waals surface area contributed by atoms with Crippen molar-refractivity contribution < 1.29 is 14.7 Å². The molecule has 108 valence electrons. The molecule has 0 fully saturated rings. The lowest BCUT2D eigenvalue weighted by molar-refractivity contribution is 0.0697. The van der Waals surface area contributed by atoms with Gasteiger partial charge in [0.1, 0.15) is 0 Å². The number of carbonyl (C=O) groups is 2. The van der Waals surface area contributed by atoms with Crippen LogP contribution in [0.2, 0.25) is 5.02 Å². The Bertz CT molecular complexity index is 508. The van der Waals surface area contributed by atoms with Crippen LogP contribution in [-0.2, 0) is 0 Å². The highest BCUT2D eigenvalue weighted by Gasteiger charge is 2.08. The van der Waals surface area contributed by atoms with Crippen LogP contribution in [0.25, 0.3) is 0 Å². The van der Waals surface area contributed by atoms with Gasteiger partial charge in [0.05, 0.1) is 5.56 Å². The van der Waals surface area contributed by atoms with Crippen molar-refractivity contribution in [2.45, 2.75) is 0 Å². The summed E-state index contributed by atoms with van der Waals surface area (Å²) in [7, 11) is 0. The van der Waals surface area contributed by atoms with Crippen molar-refractivity contribution in [2.24, 2.45) is 0 Å². The van der Waals surface area contributed by atoms with Crippen LogP contribution in [0.3, 0.4) is 0 Å². The van der Waals surface area contributed by atoms with Crippen molar-refractivity contribution >= 4 is 41.1 Å². The average molecular weight is 315 g/mol. The molecule has 0 aliphatic carbocycles. The summed E-state index contributed by atoms with van der Waals surface area (Å²) >= 11 is 7.44. The lowest BCUT2D eigenvalue weighted by atomic mass is 10.2. The molecule has 2 amide bonds. The zero-order valence-corrected chi connectivity index (χ0v) is 12.3. The van der Waals surface area contributed by atoms with E-state index in [1.807, 2.05) is 0 Å². The number of amides is 2. The van der Waals surface area contributed by atoms with Gasteiger partial charge < -0.3 is 15.7 Å². The van der Waals surface area contributed by atoms with Crippen LogP contribution in [0.5, 0.6) is 0 Å². The Morgan fingerprint density at radius 3 is 2.80 bits per heavy atom. The molecule has 0 spiro atoms. The van der Waals surface area contributed by atoms with Gasteiger partial charge in [-0.15, -0.1) is 6.58 Å². The van der Waals surface area contributed by atoms with E-state index in [0.717, 1.165) is 11.5 Å². The van der Waals surface area contributed by atoms with Gasteiger partial charge in [0, 0.05) is 28.8 Å². The van der Waals surface area contributed by atoms with Gasteiger partial charge in [-0.3, -0.25) is 0 Å². The molecule has 0 saturated carbocycles. The number of anilines is 1. The minimum atomic E-state index is -1.10. The maximum Gasteiger partial charge on any atom is 0.335 e. The fourth-order valence-electron chi connectivity index (χ4n) is 1.36. The van der Waals surface area contributed by atoms with E-state index in [9.17, 15) is 9.59 Å². The quantitative estimate of drug-likeness (QED) is 0.534. The zero-order valence-electron chi connectivity index (χ0n) is 10.7. The van der Waals surface area contributed by atoms with E-state index in [-0.39, 0.29) is 10.6 Å². The second-order valence-corrected chi connectivity index (χ2v) is 5.36. The van der Waals surface area contributed by atoms with Crippen LogP contribution in [0.15, 0.2) is 30.9 Å². The largest absolute Gasteiger partial charge is 0.478 e. The van der Waals surface area contributed by atoms with E-state index in [0.29, 0.717) is 12.2 Å². The fraction of sp³-hybridized carbons (Fsp3) is 0.231. The Labute approximate surface area is 126 Å². The minimum Gasteiger partial charge on any atom is -0.478 e. The van der Waals surface area contributed by atoms with Crippen molar-refractivity contribution in [3.63, 3.8) is 0 Å². The Morgan fingerprint density at radius 1 is 1.40 bits per heavy atom. The highest BCUT2D eigenvalue weighted by molar-refractivity contribution is 7.99. The molecule has 0 aliphatic heterocycles. The topological polar surface area (TPSA) is 78.4 Å². The molecule has 3 N–H and O–H groups in total. The van der Waals surface area contributed by atoms with Crippen LogP contribution in [0.4, 0.5) is 10.5 Å². The lowest BCUT2D eigenvalue weighted by Crippen LogP contribution is -2.30. The number of carboxylic acids is 1. The van der Waals surface area contributed by atoms with Gasteiger partial charge in [-0.05, 0) is 18.2 Å². The second-order valence-electron chi connectivity index (χ2n) is 3.78. The molecule has 5 nitrogen and oxygen atoms in total. The summed E-state index contributed by atoms with van der Waals surface area (Å²) < 4.78 is 0. The predicted molar refractivity (Wildman–Crippen MR) is 83.0 cm³/mol. The highest BCUT2D eigenvalue weighted by Crippen LogP contribution is 2.19. The van der Waals surface area contributed by atoms with E-state index < -0.39 is 12.0 Å². The molecule has 0 atom stereocenters. The number of halogens is 1. The van der Waals surface area contributed by atoms with E-state index in [4.69, 9.17) is 16.7 Å². The molecule has 0 unspecified atom stereocenters. The third-order valence-electron chi connectivity index (χ3n) is 2.17. The first-order valence-corrected chi connectivity index (χ1v) is 7.33.